The molecular formula is C11H20N4O2S. The Balaban J connectivity index is 2.71. The summed E-state index contributed by atoms with van der Waals surface area (Å²) in [6.07, 6.45) is 0. The second-order valence-electron chi connectivity index (χ2n) is 4.63. The third-order valence-corrected chi connectivity index (χ3v) is 3.98. The SMILES string of the molecule is COC(=O)C(C)(C)CSc1nnc(C)n1CCN. The van der Waals surface area contributed by atoms with Gasteiger partial charge >= 0.3 is 5.97 Å². The van der Waals surface area contributed by atoms with Crippen molar-refractivity contribution < 1.29 is 9.53 Å². The first-order valence-corrected chi connectivity index (χ1v) is 6.72. The zero-order valence-corrected chi connectivity index (χ0v) is 12.1. The van der Waals surface area contributed by atoms with E-state index in [1.165, 1.54) is 18.9 Å². The summed E-state index contributed by atoms with van der Waals surface area (Å²) in [6, 6.07) is 0. The van der Waals surface area contributed by atoms with E-state index in [0.29, 0.717) is 18.8 Å². The molecule has 18 heavy (non-hydrogen) atoms. The fourth-order valence-electron chi connectivity index (χ4n) is 1.44. The smallest absolute Gasteiger partial charge is 0.312 e. The molecule has 7 heteroatoms. The Hall–Kier alpha value is -1.08. The highest BCUT2D eigenvalue weighted by atomic mass is 32.2. The molecule has 0 amide bonds. The van der Waals surface area contributed by atoms with E-state index in [0.717, 1.165) is 11.0 Å². The van der Waals surface area contributed by atoms with Crippen LogP contribution < -0.4 is 5.73 Å². The van der Waals surface area contributed by atoms with Crippen molar-refractivity contribution in [3.05, 3.63) is 5.82 Å². The Morgan fingerprint density at radius 1 is 1.50 bits per heavy atom. The average Bonchev–Trinajstić information content (AvgIpc) is 2.68. The zero-order chi connectivity index (χ0) is 13.8. The normalized spacial score (nSPS) is 11.6. The predicted octanol–water partition coefficient (Wildman–Crippen LogP) is 0.837. The molecule has 0 spiro atoms. The van der Waals surface area contributed by atoms with Crippen LogP contribution >= 0.6 is 11.8 Å². The summed E-state index contributed by atoms with van der Waals surface area (Å²) in [4.78, 5) is 11.6. The van der Waals surface area contributed by atoms with E-state index in [4.69, 9.17) is 10.5 Å². The molecule has 0 radical (unpaired) electrons. The van der Waals surface area contributed by atoms with Gasteiger partial charge in [-0.05, 0) is 20.8 Å². The van der Waals surface area contributed by atoms with Crippen molar-refractivity contribution in [2.45, 2.75) is 32.5 Å². The van der Waals surface area contributed by atoms with E-state index in [-0.39, 0.29) is 5.97 Å². The minimum Gasteiger partial charge on any atom is -0.469 e. The number of methoxy groups -OCH3 is 1. The first-order chi connectivity index (χ1) is 8.42. The van der Waals surface area contributed by atoms with Crippen LogP contribution in [0.25, 0.3) is 0 Å². The summed E-state index contributed by atoms with van der Waals surface area (Å²) in [7, 11) is 1.40. The highest BCUT2D eigenvalue weighted by Crippen LogP contribution is 2.27. The molecule has 1 aromatic heterocycles. The number of carbonyl (C=O) groups excluding carboxylic acids is 1. The van der Waals surface area contributed by atoms with Crippen LogP contribution in [0.5, 0.6) is 0 Å². The zero-order valence-electron chi connectivity index (χ0n) is 11.3. The molecular weight excluding hydrogens is 252 g/mol. The topological polar surface area (TPSA) is 83.0 Å². The van der Waals surface area contributed by atoms with E-state index in [1.54, 1.807) is 0 Å². The number of thioether (sulfide) groups is 1. The van der Waals surface area contributed by atoms with E-state index in [2.05, 4.69) is 10.2 Å². The summed E-state index contributed by atoms with van der Waals surface area (Å²) in [5.74, 6) is 1.19. The summed E-state index contributed by atoms with van der Waals surface area (Å²) >= 11 is 1.49. The fraction of sp³-hybridized carbons (Fsp3) is 0.727. The van der Waals surface area contributed by atoms with Crippen LogP contribution in [0.4, 0.5) is 0 Å². The van der Waals surface area contributed by atoms with Crippen LogP contribution in [-0.2, 0) is 16.1 Å². The molecule has 0 bridgehead atoms. The molecule has 1 aromatic rings. The maximum Gasteiger partial charge on any atom is 0.312 e. The van der Waals surface area contributed by atoms with Gasteiger partial charge in [0, 0.05) is 18.8 Å². The maximum atomic E-state index is 11.6. The molecule has 2 N–H and O–H groups in total. The number of ether oxygens (including phenoxy) is 1. The quantitative estimate of drug-likeness (QED) is 0.610. The van der Waals surface area contributed by atoms with Crippen molar-refractivity contribution >= 4 is 17.7 Å². The summed E-state index contributed by atoms with van der Waals surface area (Å²) in [5, 5.41) is 8.90. The lowest BCUT2D eigenvalue weighted by molar-refractivity contribution is -0.149. The monoisotopic (exact) mass is 272 g/mol. The van der Waals surface area contributed by atoms with Gasteiger partial charge in [-0.25, -0.2) is 0 Å². The van der Waals surface area contributed by atoms with Gasteiger partial charge in [-0.2, -0.15) is 0 Å². The Morgan fingerprint density at radius 2 is 2.17 bits per heavy atom. The Labute approximate surface area is 111 Å². The van der Waals surface area contributed by atoms with E-state index >= 15 is 0 Å². The summed E-state index contributed by atoms with van der Waals surface area (Å²) in [5.41, 5.74) is 5.00. The molecule has 1 rings (SSSR count). The fourth-order valence-corrected chi connectivity index (χ4v) is 2.52. The number of hydrogen-bond acceptors (Lipinski definition) is 6. The molecule has 0 fully saturated rings. The molecule has 0 aliphatic rings. The van der Waals surface area contributed by atoms with Crippen LogP contribution in [0, 0.1) is 12.3 Å². The van der Waals surface area contributed by atoms with Crippen LogP contribution in [0.3, 0.4) is 0 Å². The summed E-state index contributed by atoms with van der Waals surface area (Å²) in [6.45, 7) is 6.80. The Kier molecular flexibility index (Phi) is 5.15. The molecule has 0 aliphatic heterocycles. The summed E-state index contributed by atoms with van der Waals surface area (Å²) < 4.78 is 6.73. The predicted molar refractivity (Wildman–Crippen MR) is 70.3 cm³/mol. The highest BCUT2D eigenvalue weighted by Gasteiger charge is 2.29. The lowest BCUT2D eigenvalue weighted by atomic mass is 9.97. The van der Waals surface area contributed by atoms with Gasteiger partial charge in [0.05, 0.1) is 12.5 Å². The van der Waals surface area contributed by atoms with Crippen molar-refractivity contribution in [1.82, 2.24) is 14.8 Å². The number of aryl methyl sites for hydroxylation is 1. The van der Waals surface area contributed by atoms with Gasteiger partial charge in [0.15, 0.2) is 5.16 Å². The van der Waals surface area contributed by atoms with Crippen molar-refractivity contribution in [1.29, 1.82) is 0 Å². The number of esters is 1. The van der Waals surface area contributed by atoms with Crippen LogP contribution in [0.2, 0.25) is 0 Å². The minimum absolute atomic E-state index is 0.225. The first-order valence-electron chi connectivity index (χ1n) is 5.73. The van der Waals surface area contributed by atoms with Crippen LogP contribution in [0.1, 0.15) is 19.7 Å². The standard InChI is InChI=1S/C11H20N4O2S/c1-8-13-14-10(15(8)6-5-12)18-7-11(2,3)9(16)17-4/h5-7,12H2,1-4H3. The van der Waals surface area contributed by atoms with E-state index < -0.39 is 5.41 Å². The Morgan fingerprint density at radius 3 is 2.72 bits per heavy atom. The number of hydrogen-bond donors (Lipinski definition) is 1. The van der Waals surface area contributed by atoms with Gasteiger partial charge in [-0.1, -0.05) is 11.8 Å². The molecule has 0 atom stereocenters. The van der Waals surface area contributed by atoms with E-state index in [9.17, 15) is 4.79 Å². The minimum atomic E-state index is -0.549. The van der Waals surface area contributed by atoms with Crippen LogP contribution in [0.15, 0.2) is 5.16 Å². The van der Waals surface area contributed by atoms with Crippen molar-refractivity contribution in [3.8, 4) is 0 Å². The maximum absolute atomic E-state index is 11.6. The highest BCUT2D eigenvalue weighted by molar-refractivity contribution is 7.99. The number of nitrogens with zero attached hydrogens (tertiary/aromatic N) is 3. The molecule has 1 heterocycles. The van der Waals surface area contributed by atoms with Gasteiger partial charge in [0.2, 0.25) is 0 Å². The number of carbonyl (C=O) groups is 1. The Bertz CT molecular complexity index is 417. The van der Waals surface area contributed by atoms with Gasteiger partial charge in [-0.3, -0.25) is 4.79 Å². The van der Waals surface area contributed by atoms with Gasteiger partial charge < -0.3 is 15.0 Å². The van der Waals surface area contributed by atoms with Gasteiger partial charge in [0.25, 0.3) is 0 Å². The first kappa shape index (κ1) is 15.0. The second kappa shape index (κ2) is 6.19. The van der Waals surface area contributed by atoms with Crippen molar-refractivity contribution in [2.75, 3.05) is 19.4 Å². The van der Waals surface area contributed by atoms with Crippen molar-refractivity contribution in [2.24, 2.45) is 11.1 Å². The molecule has 102 valence electrons. The van der Waals surface area contributed by atoms with Crippen LogP contribution in [-0.4, -0.2) is 40.1 Å². The third kappa shape index (κ3) is 3.46. The van der Waals surface area contributed by atoms with Crippen molar-refractivity contribution in [3.63, 3.8) is 0 Å². The second-order valence-corrected chi connectivity index (χ2v) is 5.58. The molecule has 0 aliphatic carbocycles. The third-order valence-electron chi connectivity index (χ3n) is 2.55. The average molecular weight is 272 g/mol. The molecule has 0 saturated carbocycles. The lowest BCUT2D eigenvalue weighted by Gasteiger charge is -2.20. The molecule has 0 aromatic carbocycles. The largest absolute Gasteiger partial charge is 0.469 e. The number of rotatable bonds is 6. The number of nitrogens with two attached hydrogens (primary N) is 1. The number of aromatic nitrogens is 3. The van der Waals surface area contributed by atoms with Gasteiger partial charge in [-0.15, -0.1) is 10.2 Å². The molecule has 0 saturated heterocycles. The molecule has 0 unspecified atom stereocenters. The lowest BCUT2D eigenvalue weighted by Crippen LogP contribution is -2.28. The van der Waals surface area contributed by atoms with Gasteiger partial charge in [0.1, 0.15) is 5.82 Å². The van der Waals surface area contributed by atoms with E-state index in [1.807, 2.05) is 25.3 Å². The molecule has 6 nitrogen and oxygen atoms in total.